The molecule has 1 atom stereocenters. The third kappa shape index (κ3) is 2.95. The van der Waals surface area contributed by atoms with Gasteiger partial charge in [0.2, 0.25) is 0 Å². The average molecular weight is 305 g/mol. The summed E-state index contributed by atoms with van der Waals surface area (Å²) in [4.78, 5) is 14.3. The number of furan rings is 1. The number of methoxy groups -OCH3 is 2. The number of nitrogens with zero attached hydrogens (tertiary/aromatic N) is 1. The highest BCUT2D eigenvalue weighted by molar-refractivity contribution is 6.06. The maximum absolute atomic E-state index is 12.2. The van der Waals surface area contributed by atoms with Crippen molar-refractivity contribution in [2.24, 2.45) is 0 Å². The Kier molecular flexibility index (Phi) is 5.08. The number of ether oxygens (including phenoxy) is 2. The average Bonchev–Trinajstić information content (AvgIpc) is 2.98. The molecule has 5 heteroatoms. The first kappa shape index (κ1) is 16.4. The van der Waals surface area contributed by atoms with Crippen molar-refractivity contribution in [2.75, 3.05) is 32.8 Å². The minimum Gasteiger partial charge on any atom is -0.465 e. The fourth-order valence-electron chi connectivity index (χ4n) is 2.65. The number of benzene rings is 1. The largest absolute Gasteiger partial charge is 0.465 e. The van der Waals surface area contributed by atoms with Gasteiger partial charge >= 0.3 is 5.97 Å². The van der Waals surface area contributed by atoms with E-state index >= 15 is 0 Å². The van der Waals surface area contributed by atoms with Gasteiger partial charge < -0.3 is 18.8 Å². The lowest BCUT2D eigenvalue weighted by Gasteiger charge is -2.29. The summed E-state index contributed by atoms with van der Waals surface area (Å²) in [6, 6.07) is 4.05. The molecule has 0 fully saturated rings. The van der Waals surface area contributed by atoms with Gasteiger partial charge in [-0.25, -0.2) is 4.79 Å². The molecule has 5 nitrogen and oxygen atoms in total. The van der Waals surface area contributed by atoms with Crippen molar-refractivity contribution >= 4 is 22.6 Å². The molecule has 1 unspecified atom stereocenters. The number of hydrogen-bond donors (Lipinski definition) is 0. The van der Waals surface area contributed by atoms with Gasteiger partial charge in [-0.2, -0.15) is 0 Å². The van der Waals surface area contributed by atoms with Crippen LogP contribution in [0.1, 0.15) is 29.3 Å². The molecule has 120 valence electrons. The molecule has 0 radical (unpaired) electrons. The van der Waals surface area contributed by atoms with Gasteiger partial charge in [-0.15, -0.1) is 0 Å². The van der Waals surface area contributed by atoms with Crippen LogP contribution < -0.4 is 4.90 Å². The molecule has 0 aliphatic carbocycles. The molecular weight excluding hydrogens is 282 g/mol. The van der Waals surface area contributed by atoms with Crippen LogP contribution in [0.15, 0.2) is 22.8 Å². The van der Waals surface area contributed by atoms with E-state index < -0.39 is 0 Å². The number of carbonyl (C=O) groups is 1. The van der Waals surface area contributed by atoms with Crippen LogP contribution in [0.3, 0.4) is 0 Å². The van der Waals surface area contributed by atoms with E-state index in [1.165, 1.54) is 7.11 Å². The van der Waals surface area contributed by atoms with E-state index in [4.69, 9.17) is 13.9 Å². The van der Waals surface area contributed by atoms with Crippen LogP contribution >= 0.6 is 0 Å². The van der Waals surface area contributed by atoms with Crippen molar-refractivity contribution in [3.63, 3.8) is 0 Å². The highest BCUT2D eigenvalue weighted by Crippen LogP contribution is 2.33. The molecule has 2 rings (SSSR count). The van der Waals surface area contributed by atoms with Gasteiger partial charge in [0.1, 0.15) is 5.58 Å². The van der Waals surface area contributed by atoms with Gasteiger partial charge in [0.25, 0.3) is 0 Å². The zero-order valence-electron chi connectivity index (χ0n) is 13.8. The van der Waals surface area contributed by atoms with Crippen molar-refractivity contribution in [3.8, 4) is 0 Å². The molecule has 0 N–H and O–H groups in total. The lowest BCUT2D eigenvalue weighted by Crippen LogP contribution is -2.30. The van der Waals surface area contributed by atoms with E-state index in [1.54, 1.807) is 19.4 Å². The molecule has 1 aromatic heterocycles. The lowest BCUT2D eigenvalue weighted by atomic mass is 10.0. The van der Waals surface area contributed by atoms with Gasteiger partial charge in [-0.1, -0.05) is 0 Å². The van der Waals surface area contributed by atoms with Crippen LogP contribution in [0.5, 0.6) is 0 Å². The van der Waals surface area contributed by atoms with Crippen LogP contribution in [0.25, 0.3) is 11.0 Å². The quantitative estimate of drug-likeness (QED) is 0.766. The molecule has 0 aliphatic rings. The Labute approximate surface area is 130 Å². The Morgan fingerprint density at radius 3 is 2.77 bits per heavy atom. The van der Waals surface area contributed by atoms with Crippen molar-refractivity contribution < 1.29 is 18.7 Å². The number of hydrogen-bond acceptors (Lipinski definition) is 5. The first-order valence-electron chi connectivity index (χ1n) is 7.32. The van der Waals surface area contributed by atoms with Crippen LogP contribution in [0.2, 0.25) is 0 Å². The summed E-state index contributed by atoms with van der Waals surface area (Å²) in [6.45, 7) is 4.76. The highest BCUT2D eigenvalue weighted by atomic mass is 16.5. The molecule has 2 aromatic rings. The summed E-state index contributed by atoms with van der Waals surface area (Å²) in [5, 5.41) is 0.783. The van der Waals surface area contributed by atoms with E-state index in [2.05, 4.69) is 11.8 Å². The number of rotatable bonds is 6. The zero-order valence-corrected chi connectivity index (χ0v) is 13.8. The van der Waals surface area contributed by atoms with Crippen LogP contribution in [-0.4, -0.2) is 39.9 Å². The van der Waals surface area contributed by atoms with Crippen LogP contribution in [-0.2, 0) is 9.47 Å². The second-order valence-electron chi connectivity index (χ2n) is 5.46. The van der Waals surface area contributed by atoms with Crippen molar-refractivity contribution in [1.82, 2.24) is 0 Å². The molecule has 0 spiro atoms. The molecule has 0 bridgehead atoms. The van der Waals surface area contributed by atoms with Gasteiger partial charge in [-0.05, 0) is 31.9 Å². The predicted octanol–water partition coefficient (Wildman–Crippen LogP) is 3.39. The Balaban J connectivity index is 2.50. The zero-order chi connectivity index (χ0) is 16.3. The van der Waals surface area contributed by atoms with Crippen LogP contribution in [0.4, 0.5) is 5.69 Å². The first-order chi connectivity index (χ1) is 10.5. The standard InChI is InChI=1S/C17H23NO4/c1-11(6-8-20-4)18(3)14-10-15-13(7-9-22-15)16(12(14)2)17(19)21-5/h7,9-11H,6,8H2,1-5H3. The smallest absolute Gasteiger partial charge is 0.338 e. The predicted molar refractivity (Wildman–Crippen MR) is 86.6 cm³/mol. The molecule has 0 aliphatic heterocycles. The van der Waals surface area contributed by atoms with E-state index in [0.717, 1.165) is 23.1 Å². The molecule has 0 amide bonds. The molecule has 1 aromatic carbocycles. The minimum absolute atomic E-state index is 0.275. The third-order valence-corrected chi connectivity index (χ3v) is 4.16. The van der Waals surface area contributed by atoms with Crippen LogP contribution in [0, 0.1) is 6.92 Å². The van der Waals surface area contributed by atoms with E-state index in [1.807, 2.05) is 20.0 Å². The number of anilines is 1. The summed E-state index contributed by atoms with van der Waals surface area (Å²) in [7, 11) is 5.10. The van der Waals surface area contributed by atoms with Gasteiger partial charge in [0, 0.05) is 43.9 Å². The number of carbonyl (C=O) groups excluding carboxylic acids is 1. The fraction of sp³-hybridized carbons (Fsp3) is 0.471. The molecule has 0 saturated carbocycles. The molecule has 1 heterocycles. The van der Waals surface area contributed by atoms with E-state index in [-0.39, 0.29) is 12.0 Å². The van der Waals surface area contributed by atoms with Gasteiger partial charge in [0.15, 0.2) is 0 Å². The van der Waals surface area contributed by atoms with Gasteiger partial charge in [0.05, 0.1) is 18.9 Å². The fourth-order valence-corrected chi connectivity index (χ4v) is 2.65. The third-order valence-electron chi connectivity index (χ3n) is 4.16. The van der Waals surface area contributed by atoms with Crippen molar-refractivity contribution in [3.05, 3.63) is 29.5 Å². The lowest BCUT2D eigenvalue weighted by molar-refractivity contribution is 0.0602. The summed E-state index contributed by atoms with van der Waals surface area (Å²) in [6.07, 6.45) is 2.49. The Hall–Kier alpha value is -2.01. The maximum atomic E-state index is 12.2. The summed E-state index contributed by atoms with van der Waals surface area (Å²) >= 11 is 0. The summed E-state index contributed by atoms with van der Waals surface area (Å²) in [5.41, 5.74) is 3.11. The summed E-state index contributed by atoms with van der Waals surface area (Å²) < 4.78 is 15.6. The monoisotopic (exact) mass is 305 g/mol. The SMILES string of the molecule is COCCC(C)N(C)c1cc2occc2c(C(=O)OC)c1C. The maximum Gasteiger partial charge on any atom is 0.338 e. The number of fused-ring (bicyclic) bond motifs is 1. The van der Waals surface area contributed by atoms with Crippen molar-refractivity contribution in [2.45, 2.75) is 26.3 Å². The highest BCUT2D eigenvalue weighted by Gasteiger charge is 2.22. The first-order valence-corrected chi connectivity index (χ1v) is 7.32. The summed E-state index contributed by atoms with van der Waals surface area (Å²) in [5.74, 6) is -0.344. The van der Waals surface area contributed by atoms with Crippen molar-refractivity contribution in [1.29, 1.82) is 0 Å². The Morgan fingerprint density at radius 1 is 1.41 bits per heavy atom. The van der Waals surface area contributed by atoms with Gasteiger partial charge in [-0.3, -0.25) is 0 Å². The second kappa shape index (κ2) is 6.83. The number of esters is 1. The van der Waals surface area contributed by atoms with E-state index in [9.17, 15) is 4.79 Å². The molecular formula is C17H23NO4. The molecule has 0 saturated heterocycles. The topological polar surface area (TPSA) is 51.9 Å². The molecule has 22 heavy (non-hydrogen) atoms. The normalized spacial score (nSPS) is 12.4. The van der Waals surface area contributed by atoms with E-state index in [0.29, 0.717) is 17.8 Å². The second-order valence-corrected chi connectivity index (χ2v) is 5.46. The Morgan fingerprint density at radius 2 is 2.14 bits per heavy atom. The minimum atomic E-state index is -0.344. The Bertz CT molecular complexity index is 662.